The van der Waals surface area contributed by atoms with Crippen LogP contribution in [0.1, 0.15) is 36.8 Å². The van der Waals surface area contributed by atoms with Gasteiger partial charge in [-0.3, -0.25) is 0 Å². The van der Waals surface area contributed by atoms with Crippen LogP contribution >= 0.6 is 0 Å². The predicted molar refractivity (Wildman–Crippen MR) is 94.7 cm³/mol. The normalized spacial score (nSPS) is 26.7. The molecule has 2 aromatic carbocycles. The van der Waals surface area contributed by atoms with Crippen LogP contribution in [0.15, 0.2) is 58.5 Å². The number of nitrogens with zero attached hydrogens (tertiary/aromatic N) is 2. The van der Waals surface area contributed by atoms with Crippen molar-refractivity contribution in [1.29, 1.82) is 0 Å². The highest BCUT2D eigenvalue weighted by Crippen LogP contribution is 2.57. The van der Waals surface area contributed by atoms with Gasteiger partial charge in [0, 0.05) is 5.41 Å². The van der Waals surface area contributed by atoms with Crippen LogP contribution in [0.2, 0.25) is 0 Å². The Kier molecular flexibility index (Phi) is 3.93. The Morgan fingerprint density at radius 1 is 0.720 bits per heavy atom. The number of aliphatic imine (C=N–C) groups is 2. The van der Waals surface area contributed by atoms with Crippen LogP contribution in [0, 0.1) is 11.8 Å². The van der Waals surface area contributed by atoms with Gasteiger partial charge in [0.2, 0.25) is 12.2 Å². The average Bonchev–Trinajstić information content (AvgIpc) is 2.63. The van der Waals surface area contributed by atoms with Gasteiger partial charge in [0.1, 0.15) is 0 Å². The van der Waals surface area contributed by atoms with E-state index >= 15 is 0 Å². The summed E-state index contributed by atoms with van der Waals surface area (Å²) < 4.78 is 0. The molecule has 124 valence electrons. The molecule has 0 aromatic heterocycles. The van der Waals surface area contributed by atoms with Crippen molar-refractivity contribution in [3.63, 3.8) is 0 Å². The van der Waals surface area contributed by atoms with Crippen molar-refractivity contribution in [1.82, 2.24) is 0 Å². The summed E-state index contributed by atoms with van der Waals surface area (Å²) in [5, 5.41) is 0. The molecule has 2 aromatic rings. The van der Waals surface area contributed by atoms with Crippen molar-refractivity contribution in [3.05, 3.63) is 59.7 Å². The summed E-state index contributed by atoms with van der Waals surface area (Å²) >= 11 is 0. The van der Waals surface area contributed by atoms with E-state index in [0.29, 0.717) is 11.4 Å². The number of hydrogen-bond donors (Lipinski definition) is 0. The molecule has 25 heavy (non-hydrogen) atoms. The zero-order chi connectivity index (χ0) is 17.3. The van der Waals surface area contributed by atoms with Crippen molar-refractivity contribution in [3.8, 4) is 0 Å². The van der Waals surface area contributed by atoms with Gasteiger partial charge in [-0.05, 0) is 72.9 Å². The minimum Gasteiger partial charge on any atom is -0.211 e. The summed E-state index contributed by atoms with van der Waals surface area (Å²) in [6, 6.07) is 15.9. The van der Waals surface area contributed by atoms with E-state index in [9.17, 15) is 9.59 Å². The third kappa shape index (κ3) is 2.76. The second-order valence-corrected chi connectivity index (χ2v) is 7.19. The Hall–Kier alpha value is -2.80. The molecule has 0 heterocycles. The number of rotatable bonds is 4. The van der Waals surface area contributed by atoms with Gasteiger partial charge < -0.3 is 0 Å². The second kappa shape index (κ2) is 6.25. The van der Waals surface area contributed by atoms with Gasteiger partial charge in [-0.1, -0.05) is 24.3 Å². The van der Waals surface area contributed by atoms with Gasteiger partial charge in [0.05, 0.1) is 11.4 Å². The van der Waals surface area contributed by atoms with Crippen LogP contribution in [-0.4, -0.2) is 12.2 Å². The van der Waals surface area contributed by atoms with Crippen molar-refractivity contribution >= 4 is 23.5 Å². The molecule has 2 bridgehead atoms. The number of carbonyl (C=O) groups excluding carboxylic acids is 2. The van der Waals surface area contributed by atoms with Crippen molar-refractivity contribution < 1.29 is 9.59 Å². The highest BCUT2D eigenvalue weighted by molar-refractivity contribution is 5.54. The van der Waals surface area contributed by atoms with Crippen molar-refractivity contribution in [2.75, 3.05) is 0 Å². The van der Waals surface area contributed by atoms with Crippen LogP contribution in [0.4, 0.5) is 11.4 Å². The summed E-state index contributed by atoms with van der Waals surface area (Å²) in [5.74, 6) is 1.55. The lowest BCUT2D eigenvalue weighted by Gasteiger charge is -2.53. The molecule has 0 spiro atoms. The maximum atomic E-state index is 10.5. The average molecular weight is 330 g/mol. The van der Waals surface area contributed by atoms with Gasteiger partial charge in [-0.2, -0.15) is 9.98 Å². The lowest BCUT2D eigenvalue weighted by molar-refractivity contribution is 0.0624. The van der Waals surface area contributed by atoms with Crippen molar-refractivity contribution in [2.45, 2.75) is 31.1 Å². The third-order valence-electron chi connectivity index (χ3n) is 5.80. The Bertz CT molecular complexity index is 794. The summed E-state index contributed by atoms with van der Waals surface area (Å²) in [6.07, 6.45) is 8.12. The summed E-state index contributed by atoms with van der Waals surface area (Å²) in [6.45, 7) is 0. The fourth-order valence-electron chi connectivity index (χ4n) is 4.73. The standard InChI is InChI=1S/C21H18N2O2/c24-13-22-19-5-1-17(2-6-19)21(11-15-9-16(10-15)12-21)18-3-7-20(8-4-18)23-14-25/h1-8,15-16H,9-12H2. The number of isocyanates is 2. The molecule has 0 atom stereocenters. The Morgan fingerprint density at radius 3 is 1.48 bits per heavy atom. The first-order valence-corrected chi connectivity index (χ1v) is 8.60. The SMILES string of the molecule is O=C=Nc1ccc(C2(c3ccc(N=C=O)cc3)CC3CC(C3)C2)cc1. The van der Waals surface area contributed by atoms with E-state index in [0.717, 1.165) is 24.7 Å². The van der Waals surface area contributed by atoms with Crippen LogP contribution in [0.5, 0.6) is 0 Å². The molecule has 3 fully saturated rings. The molecule has 3 aliphatic carbocycles. The van der Waals surface area contributed by atoms with E-state index < -0.39 is 0 Å². The fourth-order valence-corrected chi connectivity index (χ4v) is 4.73. The van der Waals surface area contributed by atoms with Gasteiger partial charge in [0.25, 0.3) is 0 Å². The zero-order valence-electron chi connectivity index (χ0n) is 13.8. The number of fused-ring (bicyclic) bond motifs is 2. The molecule has 0 aliphatic heterocycles. The Morgan fingerprint density at radius 2 is 1.12 bits per heavy atom. The Balaban J connectivity index is 1.77. The summed E-state index contributed by atoms with van der Waals surface area (Å²) in [4.78, 5) is 28.3. The molecule has 4 heteroatoms. The molecule has 3 aliphatic rings. The fraction of sp³-hybridized carbons (Fsp3) is 0.333. The first kappa shape index (κ1) is 15.7. The highest BCUT2D eigenvalue weighted by atomic mass is 16.1. The van der Waals surface area contributed by atoms with E-state index in [1.54, 1.807) is 12.2 Å². The molecular weight excluding hydrogens is 312 g/mol. The largest absolute Gasteiger partial charge is 0.240 e. The molecule has 0 unspecified atom stereocenters. The highest BCUT2D eigenvalue weighted by Gasteiger charge is 2.48. The quantitative estimate of drug-likeness (QED) is 0.601. The minimum absolute atomic E-state index is 0.0152. The topological polar surface area (TPSA) is 58.9 Å². The predicted octanol–water partition coefficient (Wildman–Crippen LogP) is 4.73. The van der Waals surface area contributed by atoms with Crippen molar-refractivity contribution in [2.24, 2.45) is 21.8 Å². The van der Waals surface area contributed by atoms with E-state index in [1.165, 1.54) is 24.0 Å². The molecule has 0 amide bonds. The molecule has 4 nitrogen and oxygen atoms in total. The molecule has 0 N–H and O–H groups in total. The molecule has 5 rings (SSSR count). The summed E-state index contributed by atoms with van der Waals surface area (Å²) in [7, 11) is 0. The van der Waals surface area contributed by atoms with Gasteiger partial charge in [-0.25, -0.2) is 9.59 Å². The molecule has 3 saturated carbocycles. The number of hydrogen-bond acceptors (Lipinski definition) is 4. The molecular formula is C21H18N2O2. The van der Waals surface area contributed by atoms with E-state index in [2.05, 4.69) is 34.3 Å². The first-order chi connectivity index (χ1) is 12.2. The van der Waals surface area contributed by atoms with Gasteiger partial charge in [0.15, 0.2) is 0 Å². The first-order valence-electron chi connectivity index (χ1n) is 8.60. The second-order valence-electron chi connectivity index (χ2n) is 7.19. The lowest BCUT2D eigenvalue weighted by atomic mass is 9.51. The van der Waals surface area contributed by atoms with Gasteiger partial charge in [-0.15, -0.1) is 0 Å². The summed E-state index contributed by atoms with van der Waals surface area (Å²) in [5.41, 5.74) is 3.77. The Labute approximate surface area is 146 Å². The maximum absolute atomic E-state index is 10.5. The smallest absolute Gasteiger partial charge is 0.211 e. The molecule has 0 radical (unpaired) electrons. The van der Waals surface area contributed by atoms with Crippen LogP contribution in [0.25, 0.3) is 0 Å². The van der Waals surface area contributed by atoms with Crippen LogP contribution in [-0.2, 0) is 15.0 Å². The van der Waals surface area contributed by atoms with Gasteiger partial charge >= 0.3 is 0 Å². The zero-order valence-corrected chi connectivity index (χ0v) is 13.8. The van der Waals surface area contributed by atoms with E-state index in [-0.39, 0.29) is 5.41 Å². The van der Waals surface area contributed by atoms with Crippen LogP contribution < -0.4 is 0 Å². The van der Waals surface area contributed by atoms with E-state index in [1.807, 2.05) is 24.3 Å². The monoisotopic (exact) mass is 330 g/mol. The van der Waals surface area contributed by atoms with Crippen LogP contribution in [0.3, 0.4) is 0 Å². The minimum atomic E-state index is -0.0152. The maximum Gasteiger partial charge on any atom is 0.240 e. The number of benzene rings is 2. The molecule has 0 saturated heterocycles. The lowest BCUT2D eigenvalue weighted by Crippen LogP contribution is -2.44. The third-order valence-corrected chi connectivity index (χ3v) is 5.80. The van der Waals surface area contributed by atoms with E-state index in [4.69, 9.17) is 0 Å².